The molecule has 2 N–H and O–H groups in total. The first-order valence-corrected chi connectivity index (χ1v) is 8.78. The van der Waals surface area contributed by atoms with Crippen molar-refractivity contribution in [2.75, 3.05) is 13.1 Å². The summed E-state index contributed by atoms with van der Waals surface area (Å²) >= 11 is 1.03. The molecule has 1 aromatic heterocycles. The smallest absolute Gasteiger partial charge is 0.326 e. The quantitative estimate of drug-likeness (QED) is 0.918. The third-order valence-electron chi connectivity index (χ3n) is 3.62. The third kappa shape index (κ3) is 3.41. The summed E-state index contributed by atoms with van der Waals surface area (Å²) < 4.78 is 64.3. The van der Waals surface area contributed by atoms with Gasteiger partial charge in [-0.15, -0.1) is 11.3 Å². The molecular weight excluding hydrogens is 325 g/mol. The zero-order valence-corrected chi connectivity index (χ0v) is 13.1. The molecule has 2 rings (SSSR count). The molecule has 21 heavy (non-hydrogen) atoms. The minimum absolute atomic E-state index is 0.0208. The number of hydrogen-bond donors (Lipinski definition) is 1. The van der Waals surface area contributed by atoms with E-state index in [0.29, 0.717) is 0 Å². The van der Waals surface area contributed by atoms with Crippen LogP contribution in [0.2, 0.25) is 0 Å². The fourth-order valence-corrected chi connectivity index (χ4v) is 5.52. The molecule has 1 aliphatic rings. The molecule has 0 radical (unpaired) electrons. The fraction of sp³-hybridized carbons (Fsp3) is 0.667. The van der Waals surface area contributed by atoms with E-state index in [4.69, 9.17) is 5.73 Å². The molecule has 1 unspecified atom stereocenters. The highest BCUT2D eigenvalue weighted by Crippen LogP contribution is 2.36. The Kier molecular flexibility index (Phi) is 4.67. The van der Waals surface area contributed by atoms with Gasteiger partial charge in [0.05, 0.1) is 5.92 Å². The lowest BCUT2D eigenvalue weighted by molar-refractivity contribution is -0.182. The minimum Gasteiger partial charge on any atom is -0.326 e. The van der Waals surface area contributed by atoms with Crippen LogP contribution in [-0.4, -0.2) is 32.0 Å². The molecule has 4 nitrogen and oxygen atoms in total. The highest BCUT2D eigenvalue weighted by Gasteiger charge is 2.44. The number of nitrogens with two attached hydrogens (primary N) is 1. The molecule has 1 saturated heterocycles. The van der Waals surface area contributed by atoms with Crippen LogP contribution >= 0.6 is 11.3 Å². The van der Waals surface area contributed by atoms with Crippen molar-refractivity contribution in [3.63, 3.8) is 0 Å². The molecule has 0 aliphatic carbocycles. The van der Waals surface area contributed by atoms with E-state index in [2.05, 4.69) is 0 Å². The molecule has 120 valence electrons. The monoisotopic (exact) mass is 342 g/mol. The summed E-state index contributed by atoms with van der Waals surface area (Å²) in [6.45, 7) is 1.59. The Hall–Kier alpha value is -0.640. The summed E-state index contributed by atoms with van der Waals surface area (Å²) in [5.74, 6) is -1.59. The Bertz CT molecular complexity index is 611. The molecule has 2 heterocycles. The summed E-state index contributed by atoms with van der Waals surface area (Å²) in [5.41, 5.74) is 6.27. The van der Waals surface area contributed by atoms with Gasteiger partial charge in [-0.05, 0) is 31.4 Å². The Morgan fingerprint density at radius 1 is 1.48 bits per heavy atom. The number of nitrogens with zero attached hydrogens (tertiary/aromatic N) is 1. The maximum Gasteiger partial charge on any atom is 0.393 e. The average molecular weight is 342 g/mol. The number of aryl methyl sites for hydroxylation is 1. The number of hydrogen-bond acceptors (Lipinski definition) is 4. The van der Waals surface area contributed by atoms with Crippen molar-refractivity contribution in [3.05, 3.63) is 16.5 Å². The van der Waals surface area contributed by atoms with Crippen molar-refractivity contribution in [3.8, 4) is 0 Å². The van der Waals surface area contributed by atoms with Crippen LogP contribution in [0.3, 0.4) is 0 Å². The Labute approximate surface area is 125 Å². The van der Waals surface area contributed by atoms with Crippen LogP contribution in [0.25, 0.3) is 0 Å². The lowest BCUT2D eigenvalue weighted by atomic mass is 9.99. The van der Waals surface area contributed by atoms with Crippen LogP contribution in [-0.2, 0) is 16.6 Å². The van der Waals surface area contributed by atoms with Gasteiger partial charge in [-0.2, -0.15) is 17.5 Å². The molecule has 0 saturated carbocycles. The minimum atomic E-state index is -4.36. The molecule has 9 heteroatoms. The Morgan fingerprint density at radius 2 is 2.14 bits per heavy atom. The summed E-state index contributed by atoms with van der Waals surface area (Å²) in [4.78, 5) is 0.734. The second-order valence-corrected chi connectivity index (χ2v) is 8.42. The van der Waals surface area contributed by atoms with Crippen molar-refractivity contribution in [1.29, 1.82) is 0 Å². The number of sulfonamides is 1. The zero-order chi connectivity index (χ0) is 15.8. The number of halogens is 3. The topological polar surface area (TPSA) is 63.4 Å². The Balaban J connectivity index is 2.26. The number of alkyl halides is 3. The van der Waals surface area contributed by atoms with Gasteiger partial charge in [0, 0.05) is 24.5 Å². The zero-order valence-electron chi connectivity index (χ0n) is 11.5. The third-order valence-corrected chi connectivity index (χ3v) is 7.20. The van der Waals surface area contributed by atoms with Gasteiger partial charge in [-0.3, -0.25) is 0 Å². The standard InChI is InChI=1S/C12H17F3N2O2S2/c1-8-5-11(20-10(8)6-16)21(18,19)17-4-2-3-9(7-17)12(13,14)15/h5,9H,2-4,6-7,16H2,1H3. The van der Waals surface area contributed by atoms with E-state index < -0.39 is 28.7 Å². The van der Waals surface area contributed by atoms with Crippen LogP contribution in [0.5, 0.6) is 0 Å². The Morgan fingerprint density at radius 3 is 2.67 bits per heavy atom. The van der Waals surface area contributed by atoms with Crippen LogP contribution in [0.1, 0.15) is 23.3 Å². The first kappa shape index (κ1) is 16.7. The molecule has 0 bridgehead atoms. The predicted molar refractivity (Wildman–Crippen MR) is 74.5 cm³/mol. The summed E-state index contributed by atoms with van der Waals surface area (Å²) in [7, 11) is -3.87. The largest absolute Gasteiger partial charge is 0.393 e. The summed E-state index contributed by atoms with van der Waals surface area (Å²) in [5, 5.41) is 0. The number of piperidine rings is 1. The summed E-state index contributed by atoms with van der Waals surface area (Å²) in [6, 6.07) is 1.49. The fourth-order valence-electron chi connectivity index (χ4n) is 2.37. The van der Waals surface area contributed by atoms with Crippen molar-refractivity contribution in [2.45, 2.75) is 36.7 Å². The van der Waals surface area contributed by atoms with Crippen LogP contribution in [0, 0.1) is 12.8 Å². The van der Waals surface area contributed by atoms with Crippen LogP contribution in [0.15, 0.2) is 10.3 Å². The molecular formula is C12H17F3N2O2S2. The van der Waals surface area contributed by atoms with E-state index in [1.165, 1.54) is 6.07 Å². The van der Waals surface area contributed by atoms with Crippen molar-refractivity contribution in [1.82, 2.24) is 4.31 Å². The molecule has 1 atom stereocenters. The van der Waals surface area contributed by atoms with Gasteiger partial charge in [0.1, 0.15) is 4.21 Å². The van der Waals surface area contributed by atoms with Gasteiger partial charge in [-0.25, -0.2) is 8.42 Å². The summed E-state index contributed by atoms with van der Waals surface area (Å²) in [6.07, 6.45) is -4.16. The van der Waals surface area contributed by atoms with E-state index in [1.807, 2.05) is 0 Å². The number of rotatable bonds is 3. The molecule has 1 fully saturated rings. The maximum atomic E-state index is 12.8. The first-order valence-electron chi connectivity index (χ1n) is 6.52. The van der Waals surface area contributed by atoms with Gasteiger partial charge in [0.2, 0.25) is 0 Å². The normalized spacial score (nSPS) is 21.7. The molecule has 0 amide bonds. The molecule has 0 aromatic carbocycles. The van der Waals surface area contributed by atoms with Crippen molar-refractivity contribution in [2.24, 2.45) is 11.7 Å². The second kappa shape index (κ2) is 5.86. The maximum absolute atomic E-state index is 12.8. The average Bonchev–Trinajstić information content (AvgIpc) is 2.80. The van der Waals surface area contributed by atoms with E-state index in [0.717, 1.165) is 26.1 Å². The lowest BCUT2D eigenvalue weighted by Crippen LogP contribution is -2.44. The van der Waals surface area contributed by atoms with E-state index in [-0.39, 0.29) is 30.1 Å². The van der Waals surface area contributed by atoms with Crippen LogP contribution in [0.4, 0.5) is 13.2 Å². The van der Waals surface area contributed by atoms with Gasteiger partial charge in [0.25, 0.3) is 10.0 Å². The van der Waals surface area contributed by atoms with E-state index in [1.54, 1.807) is 6.92 Å². The highest BCUT2D eigenvalue weighted by molar-refractivity contribution is 7.91. The van der Waals surface area contributed by atoms with Crippen molar-refractivity contribution < 1.29 is 21.6 Å². The molecule has 1 aliphatic heterocycles. The van der Waals surface area contributed by atoms with Crippen LogP contribution < -0.4 is 5.73 Å². The van der Waals surface area contributed by atoms with Crippen molar-refractivity contribution >= 4 is 21.4 Å². The lowest BCUT2D eigenvalue weighted by Gasteiger charge is -2.32. The van der Waals surface area contributed by atoms with Gasteiger partial charge < -0.3 is 5.73 Å². The highest BCUT2D eigenvalue weighted by atomic mass is 32.2. The van der Waals surface area contributed by atoms with E-state index >= 15 is 0 Å². The molecule has 0 spiro atoms. The van der Waals surface area contributed by atoms with E-state index in [9.17, 15) is 21.6 Å². The molecule has 1 aromatic rings. The van der Waals surface area contributed by atoms with Gasteiger partial charge in [0.15, 0.2) is 0 Å². The number of thiophene rings is 1. The SMILES string of the molecule is Cc1cc(S(=O)(=O)N2CCCC(C(F)(F)F)C2)sc1CN. The van der Waals surface area contributed by atoms with Gasteiger partial charge >= 0.3 is 6.18 Å². The predicted octanol–water partition coefficient (Wildman–Crippen LogP) is 2.48. The first-order chi connectivity index (χ1) is 9.66. The second-order valence-electron chi connectivity index (χ2n) is 5.12. The van der Waals surface area contributed by atoms with Gasteiger partial charge in [-0.1, -0.05) is 0 Å².